The molecular weight excluding hydrogens is 238 g/mol. The smallest absolute Gasteiger partial charge is 0.127 e. The predicted molar refractivity (Wildman–Crippen MR) is 77.8 cm³/mol. The highest BCUT2D eigenvalue weighted by atomic mass is 16.5. The van der Waals surface area contributed by atoms with Gasteiger partial charge in [-0.2, -0.15) is 0 Å². The average Bonchev–Trinajstić information content (AvgIpc) is 2.48. The van der Waals surface area contributed by atoms with Gasteiger partial charge in [0.05, 0.1) is 7.11 Å². The topological polar surface area (TPSA) is 29.5 Å². The molecule has 1 aliphatic carbocycles. The van der Waals surface area contributed by atoms with Crippen LogP contribution in [0.2, 0.25) is 0 Å². The quantitative estimate of drug-likeness (QED) is 0.762. The first-order valence-electron chi connectivity index (χ1n) is 7.01. The Bertz CT molecular complexity index is 407. The Kier molecular flexibility index (Phi) is 4.46. The van der Waals surface area contributed by atoms with Crippen molar-refractivity contribution in [1.29, 1.82) is 0 Å². The molecule has 0 spiro atoms. The number of nitrogens with zero attached hydrogens (tertiary/aromatic N) is 1. The number of benzene rings is 1. The fraction of sp³-hybridized carbons (Fsp3) is 0.562. The van der Waals surface area contributed by atoms with Crippen LogP contribution in [0.1, 0.15) is 32.1 Å². The third-order valence-corrected chi connectivity index (χ3v) is 4.16. The van der Waals surface area contributed by atoms with Gasteiger partial charge in [-0.15, -0.1) is 0 Å². The van der Waals surface area contributed by atoms with Crippen LogP contribution in [0.3, 0.4) is 0 Å². The summed E-state index contributed by atoms with van der Waals surface area (Å²) in [5, 5.41) is 0. The third-order valence-electron chi connectivity index (χ3n) is 4.16. The van der Waals surface area contributed by atoms with E-state index < -0.39 is 0 Å². The lowest BCUT2D eigenvalue weighted by atomic mass is 9.75. The van der Waals surface area contributed by atoms with Crippen molar-refractivity contribution in [2.75, 3.05) is 25.6 Å². The van der Waals surface area contributed by atoms with Crippen molar-refractivity contribution < 1.29 is 9.53 Å². The second kappa shape index (κ2) is 6.09. The molecule has 0 heterocycles. The Labute approximate surface area is 115 Å². The van der Waals surface area contributed by atoms with E-state index in [0.29, 0.717) is 0 Å². The fourth-order valence-electron chi connectivity index (χ4n) is 2.97. The third kappa shape index (κ3) is 3.28. The first-order valence-corrected chi connectivity index (χ1v) is 7.01. The van der Waals surface area contributed by atoms with Crippen LogP contribution in [0.25, 0.3) is 0 Å². The minimum Gasteiger partial charge on any atom is -0.497 e. The van der Waals surface area contributed by atoms with Gasteiger partial charge in [0.15, 0.2) is 0 Å². The molecule has 0 bridgehead atoms. The van der Waals surface area contributed by atoms with E-state index in [4.69, 9.17) is 4.74 Å². The number of carbonyl (C=O) groups excluding carboxylic acids is 1. The molecule has 3 heteroatoms. The molecule has 1 saturated carbocycles. The van der Waals surface area contributed by atoms with Crippen molar-refractivity contribution >= 4 is 12.0 Å². The van der Waals surface area contributed by atoms with Crippen molar-refractivity contribution in [1.82, 2.24) is 0 Å². The number of aldehydes is 1. The van der Waals surface area contributed by atoms with Crippen LogP contribution in [0, 0.1) is 5.41 Å². The van der Waals surface area contributed by atoms with Crippen molar-refractivity contribution in [2.45, 2.75) is 32.1 Å². The Morgan fingerprint density at radius 1 is 1.21 bits per heavy atom. The summed E-state index contributed by atoms with van der Waals surface area (Å²) in [7, 11) is 3.73. The first-order chi connectivity index (χ1) is 9.19. The normalized spacial score (nSPS) is 17.8. The zero-order chi connectivity index (χ0) is 13.7. The molecule has 0 unspecified atom stereocenters. The molecule has 104 valence electrons. The number of carbonyl (C=O) groups is 1. The maximum atomic E-state index is 11.5. The van der Waals surface area contributed by atoms with E-state index in [0.717, 1.165) is 30.8 Å². The standard InChI is InChI=1S/C16H23NO2/c1-17(14-6-8-15(19-2)9-7-14)12-16(13-18)10-4-3-5-11-16/h6-9,13H,3-5,10-12H2,1-2H3. The molecule has 0 N–H and O–H groups in total. The van der Waals surface area contributed by atoms with Gasteiger partial charge >= 0.3 is 0 Å². The Morgan fingerprint density at radius 2 is 1.84 bits per heavy atom. The van der Waals surface area contributed by atoms with Crippen LogP contribution < -0.4 is 9.64 Å². The van der Waals surface area contributed by atoms with E-state index in [2.05, 4.69) is 11.9 Å². The highest BCUT2D eigenvalue weighted by Gasteiger charge is 2.32. The van der Waals surface area contributed by atoms with Gasteiger partial charge in [-0.1, -0.05) is 19.3 Å². The summed E-state index contributed by atoms with van der Waals surface area (Å²) >= 11 is 0. The van der Waals surface area contributed by atoms with E-state index in [9.17, 15) is 4.79 Å². The lowest BCUT2D eigenvalue weighted by Gasteiger charge is -2.36. The number of hydrogen-bond acceptors (Lipinski definition) is 3. The van der Waals surface area contributed by atoms with Gasteiger partial charge in [0.2, 0.25) is 0 Å². The molecule has 0 atom stereocenters. The Hall–Kier alpha value is -1.51. The molecule has 1 fully saturated rings. The van der Waals surface area contributed by atoms with Crippen LogP contribution in [0.15, 0.2) is 24.3 Å². The van der Waals surface area contributed by atoms with Crippen molar-refractivity contribution in [3.63, 3.8) is 0 Å². The zero-order valence-corrected chi connectivity index (χ0v) is 11.9. The van der Waals surface area contributed by atoms with E-state index >= 15 is 0 Å². The molecule has 0 saturated heterocycles. The van der Waals surface area contributed by atoms with E-state index in [1.54, 1.807) is 7.11 Å². The van der Waals surface area contributed by atoms with Gasteiger partial charge in [0.1, 0.15) is 12.0 Å². The summed E-state index contributed by atoms with van der Waals surface area (Å²) in [4.78, 5) is 13.7. The summed E-state index contributed by atoms with van der Waals surface area (Å²) in [5.41, 5.74) is 0.986. The number of hydrogen-bond donors (Lipinski definition) is 0. The molecule has 1 aromatic rings. The van der Waals surface area contributed by atoms with Crippen LogP contribution in [0.5, 0.6) is 5.75 Å². The van der Waals surface area contributed by atoms with E-state index in [1.807, 2.05) is 24.3 Å². The molecule has 0 radical (unpaired) electrons. The molecule has 19 heavy (non-hydrogen) atoms. The van der Waals surface area contributed by atoms with Gasteiger partial charge in [0, 0.05) is 24.7 Å². The Balaban J connectivity index is 2.05. The maximum Gasteiger partial charge on any atom is 0.127 e. The fourth-order valence-corrected chi connectivity index (χ4v) is 2.97. The van der Waals surface area contributed by atoms with Gasteiger partial charge in [-0.3, -0.25) is 0 Å². The van der Waals surface area contributed by atoms with Gasteiger partial charge in [0.25, 0.3) is 0 Å². The summed E-state index contributed by atoms with van der Waals surface area (Å²) in [6.45, 7) is 0.808. The molecule has 2 rings (SSSR count). The molecular formula is C16H23NO2. The average molecular weight is 261 g/mol. The molecule has 0 aromatic heterocycles. The first kappa shape index (κ1) is 13.9. The molecule has 3 nitrogen and oxygen atoms in total. The zero-order valence-electron chi connectivity index (χ0n) is 11.9. The highest BCUT2D eigenvalue weighted by Crippen LogP contribution is 2.36. The number of anilines is 1. The summed E-state index contributed by atoms with van der Waals surface area (Å²) in [6, 6.07) is 8.00. The molecule has 0 aliphatic heterocycles. The Morgan fingerprint density at radius 3 is 2.37 bits per heavy atom. The summed E-state index contributed by atoms with van der Waals surface area (Å²) in [5.74, 6) is 0.861. The van der Waals surface area contributed by atoms with Gasteiger partial charge in [-0.05, 0) is 37.1 Å². The number of methoxy groups -OCH3 is 1. The van der Waals surface area contributed by atoms with Crippen LogP contribution in [0.4, 0.5) is 5.69 Å². The largest absolute Gasteiger partial charge is 0.497 e. The van der Waals surface area contributed by atoms with Gasteiger partial charge in [-0.25, -0.2) is 0 Å². The van der Waals surface area contributed by atoms with Crippen molar-refractivity contribution in [2.24, 2.45) is 5.41 Å². The molecule has 0 amide bonds. The van der Waals surface area contributed by atoms with Crippen molar-refractivity contribution in [3.05, 3.63) is 24.3 Å². The number of ether oxygens (including phenoxy) is 1. The number of rotatable bonds is 5. The van der Waals surface area contributed by atoms with Crippen LogP contribution >= 0.6 is 0 Å². The SMILES string of the molecule is COc1ccc(N(C)CC2(C=O)CCCCC2)cc1. The minimum atomic E-state index is -0.146. The van der Waals surface area contributed by atoms with E-state index in [1.165, 1.54) is 25.5 Å². The second-order valence-corrected chi connectivity index (χ2v) is 5.59. The highest BCUT2D eigenvalue weighted by molar-refractivity contribution is 5.62. The predicted octanol–water partition coefficient (Wildman–Crippen LogP) is 3.28. The maximum absolute atomic E-state index is 11.5. The lowest BCUT2D eigenvalue weighted by Crippen LogP contribution is -2.38. The monoisotopic (exact) mass is 261 g/mol. The summed E-state index contributed by atoms with van der Waals surface area (Å²) < 4.78 is 5.17. The van der Waals surface area contributed by atoms with Gasteiger partial charge < -0.3 is 14.4 Å². The van der Waals surface area contributed by atoms with Crippen LogP contribution in [-0.4, -0.2) is 27.0 Å². The summed E-state index contributed by atoms with van der Waals surface area (Å²) in [6.07, 6.45) is 6.85. The van der Waals surface area contributed by atoms with Crippen molar-refractivity contribution in [3.8, 4) is 5.75 Å². The molecule has 1 aliphatic rings. The second-order valence-electron chi connectivity index (χ2n) is 5.59. The molecule has 1 aromatic carbocycles. The van der Waals surface area contributed by atoms with Crippen LogP contribution in [-0.2, 0) is 4.79 Å². The lowest BCUT2D eigenvalue weighted by molar-refractivity contribution is -0.117. The minimum absolute atomic E-state index is 0.146. The van der Waals surface area contributed by atoms with E-state index in [-0.39, 0.29) is 5.41 Å².